The van der Waals surface area contributed by atoms with Crippen molar-refractivity contribution in [1.29, 1.82) is 0 Å². The summed E-state index contributed by atoms with van der Waals surface area (Å²) < 4.78 is 7.35. The van der Waals surface area contributed by atoms with Crippen LogP contribution in [0.1, 0.15) is 19.5 Å². The Balaban J connectivity index is 1.91. The minimum absolute atomic E-state index is 0.573. The van der Waals surface area contributed by atoms with E-state index in [1.807, 2.05) is 23.7 Å². The molecule has 2 heterocycles. The highest BCUT2D eigenvalue weighted by molar-refractivity contribution is 5.67. The SMILES string of the molecule is Cc1cc2c(NCCOCC(C)C)nccn2n1. The predicted molar refractivity (Wildman–Crippen MR) is 71.9 cm³/mol. The van der Waals surface area contributed by atoms with Crippen molar-refractivity contribution < 1.29 is 4.74 Å². The summed E-state index contributed by atoms with van der Waals surface area (Å²) in [5.74, 6) is 1.43. The molecule has 0 unspecified atom stereocenters. The monoisotopic (exact) mass is 248 g/mol. The fourth-order valence-electron chi connectivity index (χ4n) is 1.74. The average molecular weight is 248 g/mol. The van der Waals surface area contributed by atoms with Gasteiger partial charge in [-0.15, -0.1) is 0 Å². The fraction of sp³-hybridized carbons (Fsp3) is 0.538. The summed E-state index contributed by atoms with van der Waals surface area (Å²) in [6.07, 6.45) is 3.60. The number of aryl methyl sites for hydroxylation is 1. The summed E-state index contributed by atoms with van der Waals surface area (Å²) in [4.78, 5) is 4.33. The van der Waals surface area contributed by atoms with Crippen LogP contribution in [0.2, 0.25) is 0 Å². The Labute approximate surface area is 107 Å². The molecule has 5 nitrogen and oxygen atoms in total. The molecule has 0 atom stereocenters. The number of anilines is 1. The highest BCUT2D eigenvalue weighted by atomic mass is 16.5. The van der Waals surface area contributed by atoms with Gasteiger partial charge in [-0.2, -0.15) is 5.10 Å². The van der Waals surface area contributed by atoms with E-state index < -0.39 is 0 Å². The maximum absolute atomic E-state index is 5.52. The highest BCUT2D eigenvalue weighted by Crippen LogP contribution is 2.13. The molecule has 18 heavy (non-hydrogen) atoms. The van der Waals surface area contributed by atoms with Gasteiger partial charge in [-0.25, -0.2) is 9.50 Å². The van der Waals surface area contributed by atoms with Crippen LogP contribution >= 0.6 is 0 Å². The molecule has 0 aromatic carbocycles. The normalized spacial score (nSPS) is 11.3. The highest BCUT2D eigenvalue weighted by Gasteiger charge is 2.04. The quantitative estimate of drug-likeness (QED) is 0.796. The molecular weight excluding hydrogens is 228 g/mol. The number of hydrogen-bond donors (Lipinski definition) is 1. The van der Waals surface area contributed by atoms with E-state index in [2.05, 4.69) is 29.2 Å². The van der Waals surface area contributed by atoms with Crippen molar-refractivity contribution in [3.8, 4) is 0 Å². The molecule has 1 N–H and O–H groups in total. The molecular formula is C13H20N4O. The molecule has 0 aliphatic rings. The molecule has 0 saturated heterocycles. The van der Waals surface area contributed by atoms with Gasteiger partial charge in [-0.1, -0.05) is 13.8 Å². The van der Waals surface area contributed by atoms with Gasteiger partial charge in [0.1, 0.15) is 5.52 Å². The van der Waals surface area contributed by atoms with Crippen molar-refractivity contribution in [2.75, 3.05) is 25.1 Å². The molecule has 0 bridgehead atoms. The molecule has 2 aromatic rings. The lowest BCUT2D eigenvalue weighted by Crippen LogP contribution is -2.13. The summed E-state index contributed by atoms with van der Waals surface area (Å²) in [7, 11) is 0. The van der Waals surface area contributed by atoms with Crippen molar-refractivity contribution >= 4 is 11.3 Å². The number of rotatable bonds is 6. The van der Waals surface area contributed by atoms with Gasteiger partial charge in [-0.3, -0.25) is 0 Å². The molecule has 0 radical (unpaired) electrons. The summed E-state index contributed by atoms with van der Waals surface area (Å²) in [6, 6.07) is 2.02. The second-order valence-corrected chi connectivity index (χ2v) is 4.79. The third-order valence-electron chi connectivity index (χ3n) is 2.50. The predicted octanol–water partition coefficient (Wildman–Crippen LogP) is 2.12. The van der Waals surface area contributed by atoms with Crippen LogP contribution in [0.15, 0.2) is 18.5 Å². The zero-order chi connectivity index (χ0) is 13.0. The van der Waals surface area contributed by atoms with Gasteiger partial charge in [0, 0.05) is 25.5 Å². The Bertz CT molecular complexity index is 507. The number of nitrogens with zero attached hydrogens (tertiary/aromatic N) is 3. The Hall–Kier alpha value is -1.62. The molecule has 5 heteroatoms. The number of hydrogen-bond acceptors (Lipinski definition) is 4. The van der Waals surface area contributed by atoms with E-state index in [1.54, 1.807) is 6.20 Å². The maximum Gasteiger partial charge on any atom is 0.152 e. The maximum atomic E-state index is 5.52. The molecule has 98 valence electrons. The van der Waals surface area contributed by atoms with Gasteiger partial charge in [-0.05, 0) is 18.9 Å². The molecule has 0 amide bonds. The first-order chi connectivity index (χ1) is 8.66. The lowest BCUT2D eigenvalue weighted by atomic mass is 10.2. The second-order valence-electron chi connectivity index (χ2n) is 4.79. The van der Waals surface area contributed by atoms with E-state index in [-0.39, 0.29) is 0 Å². The van der Waals surface area contributed by atoms with Crippen LogP contribution in [0.5, 0.6) is 0 Å². The van der Waals surface area contributed by atoms with Crippen LogP contribution < -0.4 is 5.32 Å². The van der Waals surface area contributed by atoms with E-state index in [0.29, 0.717) is 12.5 Å². The first-order valence-corrected chi connectivity index (χ1v) is 6.29. The van der Waals surface area contributed by atoms with Gasteiger partial charge in [0.2, 0.25) is 0 Å². The Morgan fingerprint density at radius 1 is 1.44 bits per heavy atom. The number of fused-ring (bicyclic) bond motifs is 1. The second kappa shape index (κ2) is 5.82. The summed E-state index contributed by atoms with van der Waals surface area (Å²) >= 11 is 0. The largest absolute Gasteiger partial charge is 0.379 e. The lowest BCUT2D eigenvalue weighted by molar-refractivity contribution is 0.118. The third kappa shape index (κ3) is 3.20. The van der Waals surface area contributed by atoms with Crippen LogP contribution in [0.25, 0.3) is 5.52 Å². The van der Waals surface area contributed by atoms with Crippen LogP contribution in [-0.2, 0) is 4.74 Å². The fourth-order valence-corrected chi connectivity index (χ4v) is 1.74. The summed E-state index contributed by atoms with van der Waals surface area (Å²) in [5, 5.41) is 7.62. The Morgan fingerprint density at radius 3 is 3.06 bits per heavy atom. The van der Waals surface area contributed by atoms with E-state index in [1.165, 1.54) is 0 Å². The van der Waals surface area contributed by atoms with Gasteiger partial charge in [0.25, 0.3) is 0 Å². The molecule has 0 aliphatic heterocycles. The van der Waals surface area contributed by atoms with E-state index in [0.717, 1.165) is 30.2 Å². The number of ether oxygens (including phenoxy) is 1. The van der Waals surface area contributed by atoms with Crippen LogP contribution in [0.3, 0.4) is 0 Å². The number of nitrogens with one attached hydrogen (secondary N) is 1. The molecule has 0 saturated carbocycles. The van der Waals surface area contributed by atoms with Crippen molar-refractivity contribution in [1.82, 2.24) is 14.6 Å². The van der Waals surface area contributed by atoms with Crippen LogP contribution in [0, 0.1) is 12.8 Å². The topological polar surface area (TPSA) is 51.5 Å². The lowest BCUT2D eigenvalue weighted by Gasteiger charge is -2.09. The minimum atomic E-state index is 0.573. The average Bonchev–Trinajstić information content (AvgIpc) is 2.69. The van der Waals surface area contributed by atoms with Crippen molar-refractivity contribution in [3.05, 3.63) is 24.2 Å². The Kier molecular flexibility index (Phi) is 4.15. The third-order valence-corrected chi connectivity index (χ3v) is 2.50. The van der Waals surface area contributed by atoms with Crippen molar-refractivity contribution in [2.24, 2.45) is 5.92 Å². The Morgan fingerprint density at radius 2 is 2.28 bits per heavy atom. The van der Waals surface area contributed by atoms with E-state index in [9.17, 15) is 0 Å². The first-order valence-electron chi connectivity index (χ1n) is 6.29. The van der Waals surface area contributed by atoms with Gasteiger partial charge < -0.3 is 10.1 Å². The van der Waals surface area contributed by atoms with Gasteiger partial charge >= 0.3 is 0 Å². The number of aromatic nitrogens is 3. The molecule has 2 aromatic heterocycles. The van der Waals surface area contributed by atoms with Crippen LogP contribution in [-0.4, -0.2) is 34.4 Å². The smallest absolute Gasteiger partial charge is 0.152 e. The van der Waals surface area contributed by atoms with Crippen molar-refractivity contribution in [2.45, 2.75) is 20.8 Å². The summed E-state index contributed by atoms with van der Waals surface area (Å²) in [6.45, 7) is 8.50. The summed E-state index contributed by atoms with van der Waals surface area (Å²) in [5.41, 5.74) is 1.99. The van der Waals surface area contributed by atoms with Crippen molar-refractivity contribution in [3.63, 3.8) is 0 Å². The standard InChI is InChI=1S/C13H20N4O/c1-10(2)9-18-7-5-15-13-12-8-11(3)16-17(12)6-4-14-13/h4,6,8,10H,5,7,9H2,1-3H3,(H,14,15). The van der Waals surface area contributed by atoms with E-state index in [4.69, 9.17) is 4.74 Å². The molecule has 0 aliphatic carbocycles. The first kappa shape index (κ1) is 12.8. The minimum Gasteiger partial charge on any atom is -0.379 e. The van der Waals surface area contributed by atoms with Gasteiger partial charge in [0.15, 0.2) is 5.82 Å². The zero-order valence-electron chi connectivity index (χ0n) is 11.2. The molecule has 2 rings (SSSR count). The zero-order valence-corrected chi connectivity index (χ0v) is 11.2. The van der Waals surface area contributed by atoms with Crippen LogP contribution in [0.4, 0.5) is 5.82 Å². The molecule has 0 fully saturated rings. The van der Waals surface area contributed by atoms with Gasteiger partial charge in [0.05, 0.1) is 12.3 Å². The molecule has 0 spiro atoms. The van der Waals surface area contributed by atoms with E-state index >= 15 is 0 Å².